The Morgan fingerprint density at radius 1 is 1.38 bits per heavy atom. The quantitative estimate of drug-likeness (QED) is 0.508. The summed E-state index contributed by atoms with van der Waals surface area (Å²) in [6.07, 6.45) is 2.39. The third kappa shape index (κ3) is 4.40. The van der Waals surface area contributed by atoms with Gasteiger partial charge in [-0.1, -0.05) is 30.0 Å². The van der Waals surface area contributed by atoms with Gasteiger partial charge < -0.3 is 11.1 Å². The van der Waals surface area contributed by atoms with E-state index in [1.807, 2.05) is 6.92 Å². The molecule has 1 aliphatic rings. The summed E-state index contributed by atoms with van der Waals surface area (Å²) in [7, 11) is 0. The monoisotopic (exact) mass is 411 g/mol. The van der Waals surface area contributed by atoms with Crippen molar-refractivity contribution < 1.29 is 14.4 Å². The van der Waals surface area contributed by atoms with E-state index in [0.29, 0.717) is 26.5 Å². The van der Waals surface area contributed by atoms with Gasteiger partial charge >= 0.3 is 0 Å². The molecule has 138 valence electrons. The van der Waals surface area contributed by atoms with Crippen molar-refractivity contribution in [2.45, 2.75) is 36.6 Å². The van der Waals surface area contributed by atoms with E-state index in [1.54, 1.807) is 16.3 Å². The average Bonchev–Trinajstić information content (AvgIpc) is 3.14. The van der Waals surface area contributed by atoms with E-state index in [9.17, 15) is 14.4 Å². The molecule has 3 rings (SSSR count). The number of anilines is 2. The van der Waals surface area contributed by atoms with Crippen LogP contribution in [-0.2, 0) is 9.59 Å². The Hall–Kier alpha value is -1.98. The summed E-state index contributed by atoms with van der Waals surface area (Å²) >= 11 is 3.78. The molecule has 0 saturated heterocycles. The zero-order chi connectivity index (χ0) is 18.7. The van der Waals surface area contributed by atoms with Crippen molar-refractivity contribution in [2.24, 2.45) is 5.73 Å². The molecule has 3 N–H and O–H groups in total. The van der Waals surface area contributed by atoms with Gasteiger partial charge in [-0.15, -0.1) is 21.5 Å². The van der Waals surface area contributed by atoms with Crippen molar-refractivity contribution in [3.05, 3.63) is 17.0 Å². The Morgan fingerprint density at radius 2 is 2.15 bits per heavy atom. The first-order valence-corrected chi connectivity index (χ1v) is 10.6. The maximum Gasteiger partial charge on any atom is 0.251 e. The number of rotatable bonds is 8. The van der Waals surface area contributed by atoms with Gasteiger partial charge in [0.1, 0.15) is 5.00 Å². The molecule has 1 aliphatic carbocycles. The van der Waals surface area contributed by atoms with Crippen molar-refractivity contribution in [1.29, 1.82) is 0 Å². The van der Waals surface area contributed by atoms with E-state index < -0.39 is 5.91 Å². The van der Waals surface area contributed by atoms with Crippen LogP contribution in [0.3, 0.4) is 0 Å². The molecule has 8 nitrogen and oxygen atoms in total. The van der Waals surface area contributed by atoms with Crippen LogP contribution in [0, 0.1) is 0 Å². The SMILES string of the molecule is CCC(=O)N(c1nnc(SCC(=O)Nc2sccc2C(N)=O)s1)C1CC1. The lowest BCUT2D eigenvalue weighted by atomic mass is 10.3. The summed E-state index contributed by atoms with van der Waals surface area (Å²) in [5, 5.41) is 13.6. The lowest BCUT2D eigenvalue weighted by Gasteiger charge is -2.17. The summed E-state index contributed by atoms with van der Waals surface area (Å²) in [5.74, 6) is -0.686. The Morgan fingerprint density at radius 3 is 2.81 bits per heavy atom. The van der Waals surface area contributed by atoms with E-state index in [2.05, 4.69) is 15.5 Å². The maximum absolute atomic E-state index is 12.1. The van der Waals surface area contributed by atoms with Crippen molar-refractivity contribution in [3.8, 4) is 0 Å². The van der Waals surface area contributed by atoms with Gasteiger partial charge in [0.05, 0.1) is 11.3 Å². The van der Waals surface area contributed by atoms with Crippen LogP contribution in [0.2, 0.25) is 0 Å². The van der Waals surface area contributed by atoms with Crippen LogP contribution < -0.4 is 16.0 Å². The number of carbonyl (C=O) groups excluding carboxylic acids is 3. The fourth-order valence-corrected chi connectivity index (χ4v) is 4.76. The second kappa shape index (κ2) is 8.14. The van der Waals surface area contributed by atoms with E-state index in [1.165, 1.54) is 34.4 Å². The summed E-state index contributed by atoms with van der Waals surface area (Å²) in [4.78, 5) is 37.2. The van der Waals surface area contributed by atoms with Gasteiger partial charge in [0.2, 0.25) is 16.9 Å². The minimum absolute atomic E-state index is 0.0367. The van der Waals surface area contributed by atoms with Crippen molar-refractivity contribution in [3.63, 3.8) is 0 Å². The second-order valence-corrected chi connectivity index (χ2v) is 8.66. The van der Waals surface area contributed by atoms with Gasteiger partial charge in [-0.05, 0) is 24.3 Å². The minimum atomic E-state index is -0.580. The van der Waals surface area contributed by atoms with Gasteiger partial charge in [0, 0.05) is 12.5 Å². The number of thiophene rings is 1. The normalized spacial score (nSPS) is 13.4. The fraction of sp³-hybridized carbons (Fsp3) is 0.400. The van der Waals surface area contributed by atoms with Crippen LogP contribution in [0.4, 0.5) is 10.1 Å². The van der Waals surface area contributed by atoms with Crippen molar-refractivity contribution >= 4 is 62.3 Å². The molecule has 2 aromatic heterocycles. The van der Waals surface area contributed by atoms with Crippen LogP contribution in [0.5, 0.6) is 0 Å². The summed E-state index contributed by atoms with van der Waals surface area (Å²) in [6.45, 7) is 1.82. The highest BCUT2D eigenvalue weighted by atomic mass is 32.2. The molecule has 3 amide bonds. The van der Waals surface area contributed by atoms with Gasteiger partial charge in [0.25, 0.3) is 5.91 Å². The van der Waals surface area contributed by atoms with Gasteiger partial charge in [-0.3, -0.25) is 19.3 Å². The Balaban J connectivity index is 1.57. The molecule has 0 radical (unpaired) electrons. The van der Waals surface area contributed by atoms with Crippen LogP contribution in [0.25, 0.3) is 0 Å². The predicted octanol–water partition coefficient (Wildman–Crippen LogP) is 2.33. The number of hydrogen-bond acceptors (Lipinski definition) is 8. The molecule has 0 aliphatic heterocycles. The summed E-state index contributed by atoms with van der Waals surface area (Å²) in [6, 6.07) is 1.80. The van der Waals surface area contributed by atoms with Gasteiger partial charge in [-0.25, -0.2) is 0 Å². The number of nitrogens with zero attached hydrogens (tertiary/aromatic N) is 3. The summed E-state index contributed by atoms with van der Waals surface area (Å²) < 4.78 is 0.617. The Bertz CT molecular complexity index is 830. The highest BCUT2D eigenvalue weighted by molar-refractivity contribution is 8.01. The second-order valence-electron chi connectivity index (χ2n) is 5.56. The van der Waals surface area contributed by atoms with Crippen LogP contribution >= 0.6 is 34.4 Å². The molecule has 0 spiro atoms. The zero-order valence-corrected chi connectivity index (χ0v) is 16.4. The Labute approximate surface area is 162 Å². The Kier molecular flexibility index (Phi) is 5.89. The fourth-order valence-electron chi connectivity index (χ4n) is 2.22. The van der Waals surface area contributed by atoms with Gasteiger partial charge in [0.15, 0.2) is 4.34 Å². The molecule has 2 heterocycles. The third-order valence-electron chi connectivity index (χ3n) is 3.60. The van der Waals surface area contributed by atoms with Crippen LogP contribution in [0.1, 0.15) is 36.5 Å². The van der Waals surface area contributed by atoms with Crippen molar-refractivity contribution in [2.75, 3.05) is 16.0 Å². The van der Waals surface area contributed by atoms with E-state index in [-0.39, 0.29) is 23.6 Å². The number of nitrogens with two attached hydrogens (primary N) is 1. The molecule has 1 saturated carbocycles. The topological polar surface area (TPSA) is 118 Å². The molecular weight excluding hydrogens is 394 g/mol. The van der Waals surface area contributed by atoms with E-state index in [0.717, 1.165) is 12.8 Å². The lowest BCUT2D eigenvalue weighted by Crippen LogP contribution is -2.32. The van der Waals surface area contributed by atoms with E-state index in [4.69, 9.17) is 5.73 Å². The number of carbonyl (C=O) groups is 3. The lowest BCUT2D eigenvalue weighted by molar-refractivity contribution is -0.118. The smallest absolute Gasteiger partial charge is 0.251 e. The van der Waals surface area contributed by atoms with Crippen LogP contribution in [-0.4, -0.2) is 39.7 Å². The molecule has 0 bridgehead atoms. The number of thioether (sulfide) groups is 1. The maximum atomic E-state index is 12.1. The molecular formula is C15H17N5O3S3. The van der Waals surface area contributed by atoms with Crippen LogP contribution in [0.15, 0.2) is 15.8 Å². The highest BCUT2D eigenvalue weighted by Gasteiger charge is 2.35. The number of hydrogen-bond donors (Lipinski definition) is 2. The van der Waals surface area contributed by atoms with Gasteiger partial charge in [-0.2, -0.15) is 0 Å². The molecule has 0 unspecified atom stereocenters. The number of primary amides is 1. The first-order chi connectivity index (χ1) is 12.5. The number of nitrogens with one attached hydrogen (secondary N) is 1. The first-order valence-electron chi connectivity index (χ1n) is 7.95. The molecule has 0 aromatic carbocycles. The zero-order valence-electron chi connectivity index (χ0n) is 13.9. The predicted molar refractivity (Wildman–Crippen MR) is 103 cm³/mol. The molecule has 0 atom stereocenters. The molecule has 1 fully saturated rings. The first kappa shape index (κ1) is 18.8. The standard InChI is InChI=1S/C15H17N5O3S3/c1-2-11(22)20(8-3-4-8)14-18-19-15(26-14)25-7-10(21)17-13-9(12(16)23)5-6-24-13/h5-6,8H,2-4,7H2,1H3,(H2,16,23)(H,17,21). The molecule has 26 heavy (non-hydrogen) atoms. The number of amides is 3. The number of aromatic nitrogens is 2. The minimum Gasteiger partial charge on any atom is -0.366 e. The largest absolute Gasteiger partial charge is 0.366 e. The molecule has 2 aromatic rings. The van der Waals surface area contributed by atoms with Crippen molar-refractivity contribution in [1.82, 2.24) is 10.2 Å². The highest BCUT2D eigenvalue weighted by Crippen LogP contribution is 2.36. The van der Waals surface area contributed by atoms with E-state index >= 15 is 0 Å². The average molecular weight is 412 g/mol. The molecule has 11 heteroatoms. The summed E-state index contributed by atoms with van der Waals surface area (Å²) in [5.41, 5.74) is 5.55. The third-order valence-corrected chi connectivity index (χ3v) is 6.48.